The van der Waals surface area contributed by atoms with Crippen molar-refractivity contribution >= 4 is 18.0 Å². The maximum absolute atomic E-state index is 11.3. The van der Waals surface area contributed by atoms with Crippen LogP contribution >= 0.6 is 0 Å². The molecule has 14 heavy (non-hydrogen) atoms. The van der Waals surface area contributed by atoms with Gasteiger partial charge in [-0.25, -0.2) is 14.8 Å². The molecule has 1 aromatic rings. The summed E-state index contributed by atoms with van der Waals surface area (Å²) in [7, 11) is 1.32. The van der Waals surface area contributed by atoms with Crippen molar-refractivity contribution in [2.45, 2.75) is 0 Å². The molecular weight excluding hydrogens is 184 g/mol. The van der Waals surface area contributed by atoms with Gasteiger partial charge in [-0.1, -0.05) is 0 Å². The number of hydrogen-bond acceptors (Lipinski definition) is 5. The van der Waals surface area contributed by atoms with Crippen LogP contribution in [0.25, 0.3) is 0 Å². The maximum atomic E-state index is 11.3. The molecule has 0 saturated heterocycles. The number of methoxy groups -OCH3 is 1. The molecule has 0 atom stereocenters. The zero-order valence-corrected chi connectivity index (χ0v) is 7.56. The largest absolute Gasteiger partial charge is 0.483 e. The summed E-state index contributed by atoms with van der Waals surface area (Å²) >= 11 is 0. The molecule has 5 nitrogen and oxygen atoms in total. The van der Waals surface area contributed by atoms with Crippen molar-refractivity contribution in [3.05, 3.63) is 17.8 Å². The minimum atomic E-state index is -0.444. The minimum absolute atomic E-state index is 0.350. The van der Waals surface area contributed by atoms with E-state index >= 15 is 0 Å². The van der Waals surface area contributed by atoms with Crippen LogP contribution in [-0.4, -0.2) is 30.9 Å². The second-order valence-electron chi connectivity index (χ2n) is 2.63. The summed E-state index contributed by atoms with van der Waals surface area (Å²) < 4.78 is 9.87. The van der Waals surface area contributed by atoms with Crippen LogP contribution in [0, 0.1) is 0 Å². The summed E-state index contributed by atoms with van der Waals surface area (Å²) in [5.74, 6) is 0.363. The number of carbonyl (C=O) groups excluding carboxylic acids is 1. The summed E-state index contributed by atoms with van der Waals surface area (Å²) in [6.07, 6.45) is 3.09. The highest BCUT2D eigenvalue weighted by molar-refractivity contribution is 5.94. The van der Waals surface area contributed by atoms with E-state index in [-0.39, 0.29) is 0 Å². The van der Waals surface area contributed by atoms with E-state index < -0.39 is 5.97 Å². The van der Waals surface area contributed by atoms with Gasteiger partial charge in [-0.2, -0.15) is 0 Å². The SMILES string of the molecule is COC(=O)c1ccnc2c1OCC=N2. The van der Waals surface area contributed by atoms with Crippen molar-refractivity contribution < 1.29 is 14.3 Å². The molecular formula is C9H8N2O3. The molecule has 5 heteroatoms. The highest BCUT2D eigenvalue weighted by Crippen LogP contribution is 2.30. The number of carbonyl (C=O) groups is 1. The van der Waals surface area contributed by atoms with Crippen molar-refractivity contribution in [2.75, 3.05) is 13.7 Å². The average Bonchev–Trinajstić information content (AvgIpc) is 2.27. The van der Waals surface area contributed by atoms with Gasteiger partial charge in [0.05, 0.1) is 7.11 Å². The number of ether oxygens (including phenoxy) is 2. The van der Waals surface area contributed by atoms with Gasteiger partial charge in [0.15, 0.2) is 11.6 Å². The van der Waals surface area contributed by atoms with E-state index in [0.717, 1.165) is 0 Å². The fraction of sp³-hybridized carbons (Fsp3) is 0.222. The third-order valence-electron chi connectivity index (χ3n) is 1.81. The first-order valence-corrected chi connectivity index (χ1v) is 4.05. The van der Waals surface area contributed by atoms with Crippen LogP contribution in [0.2, 0.25) is 0 Å². The molecule has 0 N–H and O–H groups in total. The summed E-state index contributed by atoms with van der Waals surface area (Å²) in [5, 5.41) is 0. The molecule has 2 heterocycles. The standard InChI is InChI=1S/C9H8N2O3/c1-13-9(12)6-2-3-10-8-7(6)14-5-4-11-8/h2-4H,5H2,1H3. The van der Waals surface area contributed by atoms with Crippen molar-refractivity contribution in [1.29, 1.82) is 0 Å². The first-order chi connectivity index (χ1) is 6.83. The van der Waals surface area contributed by atoms with Gasteiger partial charge < -0.3 is 9.47 Å². The quantitative estimate of drug-likeness (QED) is 0.622. The van der Waals surface area contributed by atoms with Crippen molar-refractivity contribution in [3.8, 4) is 5.75 Å². The first kappa shape index (κ1) is 8.68. The minimum Gasteiger partial charge on any atom is -0.483 e. The first-order valence-electron chi connectivity index (χ1n) is 4.05. The smallest absolute Gasteiger partial charge is 0.341 e. The fourth-order valence-electron chi connectivity index (χ4n) is 1.19. The van der Waals surface area contributed by atoms with Crippen molar-refractivity contribution in [2.24, 2.45) is 4.99 Å². The van der Waals surface area contributed by atoms with Crippen LogP contribution in [0.15, 0.2) is 17.3 Å². The third kappa shape index (κ3) is 1.32. The van der Waals surface area contributed by atoms with Crippen LogP contribution in [0.5, 0.6) is 5.75 Å². The van der Waals surface area contributed by atoms with Gasteiger partial charge >= 0.3 is 5.97 Å². The monoisotopic (exact) mass is 192 g/mol. The number of fused-ring (bicyclic) bond motifs is 1. The molecule has 0 amide bonds. The van der Waals surface area contributed by atoms with Crippen LogP contribution in [0.4, 0.5) is 5.82 Å². The molecule has 1 aromatic heterocycles. The Hall–Kier alpha value is -1.91. The van der Waals surface area contributed by atoms with E-state index in [0.29, 0.717) is 23.7 Å². The van der Waals surface area contributed by atoms with E-state index in [1.807, 2.05) is 0 Å². The normalized spacial score (nSPS) is 12.9. The predicted octanol–water partition coefficient (Wildman–Crippen LogP) is 0.963. The van der Waals surface area contributed by atoms with Crippen LogP contribution in [0.3, 0.4) is 0 Å². The Morgan fingerprint density at radius 2 is 2.50 bits per heavy atom. The van der Waals surface area contributed by atoms with Crippen LogP contribution < -0.4 is 4.74 Å². The molecule has 1 aliphatic heterocycles. The van der Waals surface area contributed by atoms with Crippen LogP contribution in [0.1, 0.15) is 10.4 Å². The second kappa shape index (κ2) is 3.45. The van der Waals surface area contributed by atoms with E-state index in [2.05, 4.69) is 14.7 Å². The van der Waals surface area contributed by atoms with Gasteiger partial charge in [-0.05, 0) is 6.07 Å². The number of aliphatic imine (C=N–C) groups is 1. The van der Waals surface area contributed by atoms with Gasteiger partial charge in [-0.3, -0.25) is 0 Å². The lowest BCUT2D eigenvalue weighted by atomic mass is 10.2. The maximum Gasteiger partial charge on any atom is 0.341 e. The van der Waals surface area contributed by atoms with Gasteiger partial charge in [0.2, 0.25) is 0 Å². The molecule has 0 bridgehead atoms. The second-order valence-corrected chi connectivity index (χ2v) is 2.63. The number of rotatable bonds is 1. The van der Waals surface area contributed by atoms with Crippen molar-refractivity contribution in [3.63, 3.8) is 0 Å². The Morgan fingerprint density at radius 1 is 1.64 bits per heavy atom. The van der Waals surface area contributed by atoms with Crippen molar-refractivity contribution in [1.82, 2.24) is 4.98 Å². The van der Waals surface area contributed by atoms with E-state index in [1.54, 1.807) is 12.3 Å². The topological polar surface area (TPSA) is 60.8 Å². The summed E-state index contributed by atoms with van der Waals surface area (Å²) in [6.45, 7) is 0.350. The van der Waals surface area contributed by atoms with Crippen LogP contribution in [-0.2, 0) is 4.74 Å². The van der Waals surface area contributed by atoms with Gasteiger partial charge in [0.25, 0.3) is 0 Å². The molecule has 2 rings (SSSR count). The molecule has 1 aliphatic rings. The molecule has 72 valence electrons. The Morgan fingerprint density at radius 3 is 3.29 bits per heavy atom. The molecule has 0 unspecified atom stereocenters. The molecule has 0 saturated carbocycles. The summed E-state index contributed by atoms with van der Waals surface area (Å²) in [4.78, 5) is 19.3. The zero-order valence-electron chi connectivity index (χ0n) is 7.56. The van der Waals surface area contributed by atoms with E-state index in [1.165, 1.54) is 13.3 Å². The molecule has 0 spiro atoms. The van der Waals surface area contributed by atoms with Gasteiger partial charge in [0.1, 0.15) is 12.2 Å². The number of nitrogens with zero attached hydrogens (tertiary/aromatic N) is 2. The number of pyridine rings is 1. The summed E-state index contributed by atoms with van der Waals surface area (Å²) in [6, 6.07) is 1.55. The lowest BCUT2D eigenvalue weighted by Crippen LogP contribution is -2.10. The van der Waals surface area contributed by atoms with Gasteiger partial charge in [0, 0.05) is 12.4 Å². The van der Waals surface area contributed by atoms with E-state index in [4.69, 9.17) is 4.74 Å². The third-order valence-corrected chi connectivity index (χ3v) is 1.81. The molecule has 0 aliphatic carbocycles. The molecule has 0 radical (unpaired) electrons. The summed E-state index contributed by atoms with van der Waals surface area (Å²) in [5.41, 5.74) is 0.356. The van der Waals surface area contributed by atoms with E-state index in [9.17, 15) is 4.79 Å². The Balaban J connectivity index is 2.51. The zero-order chi connectivity index (χ0) is 9.97. The number of esters is 1. The lowest BCUT2D eigenvalue weighted by Gasteiger charge is -2.12. The predicted molar refractivity (Wildman–Crippen MR) is 49.2 cm³/mol. The number of hydrogen-bond donors (Lipinski definition) is 0. The Labute approximate surface area is 80.4 Å². The highest BCUT2D eigenvalue weighted by atomic mass is 16.5. The number of aromatic nitrogens is 1. The lowest BCUT2D eigenvalue weighted by molar-refractivity contribution is 0.0596. The Bertz CT molecular complexity index is 401. The van der Waals surface area contributed by atoms with Gasteiger partial charge in [-0.15, -0.1) is 0 Å². The average molecular weight is 192 g/mol. The molecule has 0 aromatic carbocycles. The fourth-order valence-corrected chi connectivity index (χ4v) is 1.19. The molecule has 0 fully saturated rings. The highest BCUT2D eigenvalue weighted by Gasteiger charge is 2.18. The Kier molecular flexibility index (Phi) is 2.14.